The summed E-state index contributed by atoms with van der Waals surface area (Å²) in [5.74, 6) is 0. The van der Waals surface area contributed by atoms with Crippen molar-refractivity contribution >= 4 is 5.69 Å². The van der Waals surface area contributed by atoms with Gasteiger partial charge >= 0.3 is 0 Å². The molecule has 0 saturated carbocycles. The minimum Gasteiger partial charge on any atom is -0.394 e. The first-order valence-corrected chi connectivity index (χ1v) is 5.65. The van der Waals surface area contributed by atoms with Crippen LogP contribution in [0.5, 0.6) is 0 Å². The third kappa shape index (κ3) is 2.52. The van der Waals surface area contributed by atoms with Crippen LogP contribution in [-0.2, 0) is 13.0 Å². The maximum atomic E-state index is 9.30. The Kier molecular flexibility index (Phi) is 3.77. The van der Waals surface area contributed by atoms with Gasteiger partial charge in [0.25, 0.3) is 0 Å². The van der Waals surface area contributed by atoms with Crippen LogP contribution in [0.1, 0.15) is 11.1 Å². The molecule has 0 bridgehead atoms. The van der Waals surface area contributed by atoms with Gasteiger partial charge in [-0.3, -0.25) is 0 Å². The van der Waals surface area contributed by atoms with Gasteiger partial charge in [-0.1, -0.05) is 12.1 Å². The van der Waals surface area contributed by atoms with Gasteiger partial charge in [-0.25, -0.2) is 0 Å². The second-order valence-electron chi connectivity index (χ2n) is 4.09. The van der Waals surface area contributed by atoms with Crippen molar-refractivity contribution in [3.8, 4) is 0 Å². The van der Waals surface area contributed by atoms with Crippen molar-refractivity contribution in [2.24, 2.45) is 0 Å². The molecule has 1 heterocycles. The monoisotopic (exact) mass is 222 g/mol. The zero-order valence-electron chi connectivity index (χ0n) is 9.24. The summed E-state index contributed by atoms with van der Waals surface area (Å²) in [6.45, 7) is 2.07. The lowest BCUT2D eigenvalue weighted by Crippen LogP contribution is -2.27. The molecular weight excluding hydrogens is 204 g/mol. The number of nitrogens with one attached hydrogen (secondary N) is 2. The Bertz CT molecular complexity index is 355. The SMILES string of the molecule is OCC(O)CNc1cccc2c1CNCC2. The fourth-order valence-electron chi connectivity index (χ4n) is 1.97. The highest BCUT2D eigenvalue weighted by molar-refractivity contribution is 5.55. The molecule has 0 spiro atoms. The standard InChI is InChI=1S/C12H18N2O2/c15-8-10(16)6-14-12-3-1-2-9-4-5-13-7-11(9)12/h1-3,10,13-16H,4-8H2. The Morgan fingerprint density at radius 1 is 1.44 bits per heavy atom. The molecule has 1 atom stereocenters. The highest BCUT2D eigenvalue weighted by Crippen LogP contribution is 2.22. The maximum absolute atomic E-state index is 9.30. The summed E-state index contributed by atoms with van der Waals surface area (Å²) < 4.78 is 0. The number of hydrogen-bond donors (Lipinski definition) is 4. The average Bonchev–Trinajstić information content (AvgIpc) is 2.35. The summed E-state index contributed by atoms with van der Waals surface area (Å²) in [6.07, 6.45) is 0.348. The molecule has 1 aromatic rings. The molecule has 0 saturated heterocycles. The zero-order chi connectivity index (χ0) is 11.4. The van der Waals surface area contributed by atoms with Crippen molar-refractivity contribution in [1.29, 1.82) is 0 Å². The molecule has 4 heteroatoms. The van der Waals surface area contributed by atoms with Gasteiger partial charge in [0, 0.05) is 18.8 Å². The minimum atomic E-state index is -0.701. The smallest absolute Gasteiger partial charge is 0.0942 e. The number of aliphatic hydroxyl groups is 2. The fourth-order valence-corrected chi connectivity index (χ4v) is 1.97. The molecule has 0 aliphatic carbocycles. The lowest BCUT2D eigenvalue weighted by molar-refractivity contribution is 0.105. The Labute approximate surface area is 95.3 Å². The van der Waals surface area contributed by atoms with E-state index < -0.39 is 6.10 Å². The molecule has 88 valence electrons. The topological polar surface area (TPSA) is 64.5 Å². The van der Waals surface area contributed by atoms with E-state index in [2.05, 4.69) is 16.7 Å². The summed E-state index contributed by atoms with van der Waals surface area (Å²) in [7, 11) is 0. The first kappa shape index (κ1) is 11.4. The van der Waals surface area contributed by atoms with Gasteiger partial charge in [-0.15, -0.1) is 0 Å². The quantitative estimate of drug-likeness (QED) is 0.583. The summed E-state index contributed by atoms with van der Waals surface area (Å²) in [4.78, 5) is 0. The third-order valence-electron chi connectivity index (χ3n) is 2.88. The van der Waals surface area contributed by atoms with E-state index in [0.717, 1.165) is 25.2 Å². The van der Waals surface area contributed by atoms with Crippen LogP contribution >= 0.6 is 0 Å². The van der Waals surface area contributed by atoms with Crippen LogP contribution in [0.2, 0.25) is 0 Å². The van der Waals surface area contributed by atoms with E-state index in [4.69, 9.17) is 5.11 Å². The molecule has 0 fully saturated rings. The van der Waals surface area contributed by atoms with Crippen molar-refractivity contribution in [2.45, 2.75) is 19.1 Å². The predicted octanol–water partition coefficient (Wildman–Crippen LogP) is 0.0974. The van der Waals surface area contributed by atoms with Crippen LogP contribution in [0.25, 0.3) is 0 Å². The van der Waals surface area contributed by atoms with E-state index >= 15 is 0 Å². The van der Waals surface area contributed by atoms with Gasteiger partial charge in [-0.2, -0.15) is 0 Å². The predicted molar refractivity (Wildman–Crippen MR) is 63.4 cm³/mol. The van der Waals surface area contributed by atoms with Gasteiger partial charge < -0.3 is 20.8 Å². The first-order chi connectivity index (χ1) is 7.81. The molecule has 1 aliphatic heterocycles. The number of benzene rings is 1. The molecule has 1 unspecified atom stereocenters. The van der Waals surface area contributed by atoms with Crippen LogP contribution in [0.4, 0.5) is 5.69 Å². The summed E-state index contributed by atoms with van der Waals surface area (Å²) >= 11 is 0. The lowest BCUT2D eigenvalue weighted by atomic mass is 9.99. The van der Waals surface area contributed by atoms with Crippen LogP contribution in [0.15, 0.2) is 18.2 Å². The zero-order valence-corrected chi connectivity index (χ0v) is 9.24. The maximum Gasteiger partial charge on any atom is 0.0942 e. The lowest BCUT2D eigenvalue weighted by Gasteiger charge is -2.21. The van der Waals surface area contributed by atoms with Gasteiger partial charge in [0.05, 0.1) is 12.7 Å². The Morgan fingerprint density at radius 3 is 3.12 bits per heavy atom. The largest absolute Gasteiger partial charge is 0.394 e. The molecule has 0 radical (unpaired) electrons. The van der Waals surface area contributed by atoms with Crippen molar-refractivity contribution in [2.75, 3.05) is 25.0 Å². The van der Waals surface area contributed by atoms with Gasteiger partial charge in [0.2, 0.25) is 0 Å². The summed E-state index contributed by atoms with van der Waals surface area (Å²) in [5.41, 5.74) is 3.69. The van der Waals surface area contributed by atoms with Crippen LogP contribution in [-0.4, -0.2) is 36.0 Å². The normalized spacial score (nSPS) is 16.6. The molecule has 1 aliphatic rings. The van der Waals surface area contributed by atoms with E-state index in [1.807, 2.05) is 12.1 Å². The highest BCUT2D eigenvalue weighted by atomic mass is 16.3. The number of rotatable bonds is 4. The average molecular weight is 222 g/mol. The second kappa shape index (κ2) is 5.30. The molecule has 4 nitrogen and oxygen atoms in total. The number of anilines is 1. The van der Waals surface area contributed by atoms with Gasteiger partial charge in [0.15, 0.2) is 0 Å². The summed E-state index contributed by atoms with van der Waals surface area (Å²) in [6, 6.07) is 6.18. The number of fused-ring (bicyclic) bond motifs is 1. The minimum absolute atomic E-state index is 0.208. The molecule has 16 heavy (non-hydrogen) atoms. The molecule has 0 amide bonds. The summed E-state index contributed by atoms with van der Waals surface area (Å²) in [5, 5.41) is 24.5. The van der Waals surface area contributed by atoms with E-state index in [9.17, 15) is 5.11 Å². The highest BCUT2D eigenvalue weighted by Gasteiger charge is 2.12. The van der Waals surface area contributed by atoms with Gasteiger partial charge in [-0.05, 0) is 30.2 Å². The molecule has 4 N–H and O–H groups in total. The van der Waals surface area contributed by atoms with Gasteiger partial charge in [0.1, 0.15) is 0 Å². The Balaban J connectivity index is 2.08. The van der Waals surface area contributed by atoms with Crippen molar-refractivity contribution in [1.82, 2.24) is 5.32 Å². The van der Waals surface area contributed by atoms with Crippen molar-refractivity contribution < 1.29 is 10.2 Å². The van der Waals surface area contributed by atoms with Crippen molar-refractivity contribution in [3.63, 3.8) is 0 Å². The Morgan fingerprint density at radius 2 is 2.31 bits per heavy atom. The van der Waals surface area contributed by atoms with E-state index in [1.165, 1.54) is 11.1 Å². The number of aliphatic hydroxyl groups excluding tert-OH is 2. The van der Waals surface area contributed by atoms with Crippen LogP contribution in [0, 0.1) is 0 Å². The number of hydrogen-bond acceptors (Lipinski definition) is 4. The van der Waals surface area contributed by atoms with Crippen LogP contribution in [0.3, 0.4) is 0 Å². The first-order valence-electron chi connectivity index (χ1n) is 5.65. The van der Waals surface area contributed by atoms with E-state index in [0.29, 0.717) is 6.54 Å². The Hall–Kier alpha value is -1.10. The van der Waals surface area contributed by atoms with E-state index in [1.54, 1.807) is 0 Å². The third-order valence-corrected chi connectivity index (χ3v) is 2.88. The fraction of sp³-hybridized carbons (Fsp3) is 0.500. The molecule has 2 rings (SSSR count). The second-order valence-corrected chi connectivity index (χ2v) is 4.09. The van der Waals surface area contributed by atoms with E-state index in [-0.39, 0.29) is 6.61 Å². The molecule has 1 aromatic carbocycles. The molecular formula is C12H18N2O2. The van der Waals surface area contributed by atoms with Crippen molar-refractivity contribution in [3.05, 3.63) is 29.3 Å². The van der Waals surface area contributed by atoms with Crippen LogP contribution < -0.4 is 10.6 Å². The molecule has 0 aromatic heterocycles.